The van der Waals surface area contributed by atoms with Crippen molar-refractivity contribution >= 4 is 11.6 Å². The Hall–Kier alpha value is -2.40. The minimum atomic E-state index is 0.217. The number of nitrogens with zero attached hydrogens (tertiary/aromatic N) is 4. The fourth-order valence-corrected chi connectivity index (χ4v) is 3.42. The van der Waals surface area contributed by atoms with Gasteiger partial charge < -0.3 is 9.64 Å². The zero-order chi connectivity index (χ0) is 16.7. The molecule has 1 fully saturated rings. The predicted molar refractivity (Wildman–Crippen MR) is 95.4 cm³/mol. The van der Waals surface area contributed by atoms with E-state index in [2.05, 4.69) is 52.5 Å². The SMILES string of the molecule is Cc1cc(N2C[C@@H](C)O[C@H](C)C2)n2cc(-c3ccccc3)nc2n1. The number of anilines is 1. The van der Waals surface area contributed by atoms with Crippen LogP contribution in [0, 0.1) is 6.92 Å². The second kappa shape index (κ2) is 5.91. The van der Waals surface area contributed by atoms with Crippen LogP contribution in [0.25, 0.3) is 17.0 Å². The summed E-state index contributed by atoms with van der Waals surface area (Å²) < 4.78 is 7.97. The van der Waals surface area contributed by atoms with Crippen molar-refractivity contribution in [2.75, 3.05) is 18.0 Å². The van der Waals surface area contributed by atoms with E-state index in [1.807, 2.05) is 25.1 Å². The molecule has 24 heavy (non-hydrogen) atoms. The van der Waals surface area contributed by atoms with E-state index >= 15 is 0 Å². The Morgan fingerprint density at radius 2 is 1.75 bits per heavy atom. The van der Waals surface area contributed by atoms with Gasteiger partial charge in [0.05, 0.1) is 17.9 Å². The van der Waals surface area contributed by atoms with Crippen LogP contribution in [-0.4, -0.2) is 39.7 Å². The first kappa shape index (κ1) is 15.1. The Bertz CT molecular complexity index is 848. The second-order valence-electron chi connectivity index (χ2n) is 6.58. The van der Waals surface area contributed by atoms with Crippen LogP contribution in [0.4, 0.5) is 5.82 Å². The quantitative estimate of drug-likeness (QED) is 0.726. The highest BCUT2D eigenvalue weighted by Gasteiger charge is 2.24. The Morgan fingerprint density at radius 3 is 2.46 bits per heavy atom. The molecule has 1 aliphatic heterocycles. The fourth-order valence-electron chi connectivity index (χ4n) is 3.42. The highest BCUT2D eigenvalue weighted by molar-refractivity contribution is 5.63. The number of hydrogen-bond donors (Lipinski definition) is 0. The third-order valence-corrected chi connectivity index (χ3v) is 4.36. The summed E-state index contributed by atoms with van der Waals surface area (Å²) in [6.45, 7) is 8.02. The zero-order valence-corrected chi connectivity index (χ0v) is 14.3. The molecular formula is C19H22N4O. The molecule has 0 radical (unpaired) electrons. The van der Waals surface area contributed by atoms with Crippen LogP contribution in [-0.2, 0) is 4.74 Å². The molecule has 0 amide bonds. The summed E-state index contributed by atoms with van der Waals surface area (Å²) in [7, 11) is 0. The molecule has 5 heteroatoms. The van der Waals surface area contributed by atoms with E-state index in [1.165, 1.54) is 0 Å². The molecule has 0 spiro atoms. The number of fused-ring (bicyclic) bond motifs is 1. The average molecular weight is 322 g/mol. The lowest BCUT2D eigenvalue weighted by Crippen LogP contribution is -2.46. The second-order valence-corrected chi connectivity index (χ2v) is 6.58. The van der Waals surface area contributed by atoms with Crippen molar-refractivity contribution < 1.29 is 4.74 Å². The van der Waals surface area contributed by atoms with Gasteiger partial charge in [0, 0.05) is 36.6 Å². The van der Waals surface area contributed by atoms with Crippen LogP contribution in [0.3, 0.4) is 0 Å². The van der Waals surface area contributed by atoms with E-state index in [-0.39, 0.29) is 12.2 Å². The monoisotopic (exact) mass is 322 g/mol. The van der Waals surface area contributed by atoms with E-state index in [1.54, 1.807) is 0 Å². The average Bonchev–Trinajstić information content (AvgIpc) is 2.97. The lowest BCUT2D eigenvalue weighted by Gasteiger charge is -2.36. The van der Waals surface area contributed by atoms with Gasteiger partial charge in [-0.2, -0.15) is 0 Å². The standard InChI is InChI=1S/C19H22N4O/c1-13-9-18(22-10-14(2)24-15(3)11-22)23-12-17(21-19(23)20-13)16-7-5-4-6-8-16/h4-9,12,14-15H,10-11H2,1-3H3/t14-,15-/m1/s1. The number of rotatable bonds is 2. The van der Waals surface area contributed by atoms with Crippen LogP contribution >= 0.6 is 0 Å². The van der Waals surface area contributed by atoms with Gasteiger partial charge in [-0.25, -0.2) is 9.97 Å². The first-order valence-electron chi connectivity index (χ1n) is 8.43. The zero-order valence-electron chi connectivity index (χ0n) is 14.3. The van der Waals surface area contributed by atoms with Gasteiger partial charge in [0.15, 0.2) is 0 Å². The van der Waals surface area contributed by atoms with Gasteiger partial charge in [-0.3, -0.25) is 4.40 Å². The molecule has 0 N–H and O–H groups in total. The topological polar surface area (TPSA) is 42.7 Å². The minimum absolute atomic E-state index is 0.217. The molecule has 0 bridgehead atoms. The lowest BCUT2D eigenvalue weighted by atomic mass is 10.2. The Labute approximate surface area is 141 Å². The summed E-state index contributed by atoms with van der Waals surface area (Å²) in [5, 5.41) is 0. The smallest absolute Gasteiger partial charge is 0.236 e. The number of benzene rings is 1. The van der Waals surface area contributed by atoms with Crippen molar-refractivity contribution in [2.45, 2.75) is 33.0 Å². The Kier molecular flexibility index (Phi) is 3.73. The summed E-state index contributed by atoms with van der Waals surface area (Å²) >= 11 is 0. The van der Waals surface area contributed by atoms with Gasteiger partial charge in [0.25, 0.3) is 0 Å². The molecule has 5 nitrogen and oxygen atoms in total. The molecule has 0 aliphatic carbocycles. The maximum atomic E-state index is 5.87. The van der Waals surface area contributed by atoms with Crippen LogP contribution in [0.2, 0.25) is 0 Å². The maximum absolute atomic E-state index is 5.87. The highest BCUT2D eigenvalue weighted by atomic mass is 16.5. The van der Waals surface area contributed by atoms with Gasteiger partial charge in [-0.15, -0.1) is 0 Å². The minimum Gasteiger partial charge on any atom is -0.372 e. The number of imidazole rings is 1. The van der Waals surface area contributed by atoms with Crippen molar-refractivity contribution in [3.63, 3.8) is 0 Å². The van der Waals surface area contributed by atoms with E-state index in [9.17, 15) is 0 Å². The molecule has 0 unspecified atom stereocenters. The van der Waals surface area contributed by atoms with E-state index in [4.69, 9.17) is 9.72 Å². The van der Waals surface area contributed by atoms with Crippen molar-refractivity contribution in [1.82, 2.24) is 14.4 Å². The van der Waals surface area contributed by atoms with Crippen LogP contribution in [0.5, 0.6) is 0 Å². The number of ether oxygens (including phenoxy) is 1. The summed E-state index contributed by atoms with van der Waals surface area (Å²) in [5.41, 5.74) is 3.04. The maximum Gasteiger partial charge on any atom is 0.236 e. The van der Waals surface area contributed by atoms with Crippen molar-refractivity contribution in [1.29, 1.82) is 0 Å². The molecule has 2 aromatic heterocycles. The van der Waals surface area contributed by atoms with Gasteiger partial charge >= 0.3 is 0 Å². The predicted octanol–water partition coefficient (Wildman–Crippen LogP) is 3.32. The van der Waals surface area contributed by atoms with E-state index < -0.39 is 0 Å². The first-order chi connectivity index (χ1) is 11.6. The Morgan fingerprint density at radius 1 is 1.04 bits per heavy atom. The summed E-state index contributed by atoms with van der Waals surface area (Å²) in [6.07, 6.45) is 2.51. The molecular weight excluding hydrogens is 300 g/mol. The van der Waals surface area contributed by atoms with Crippen LogP contribution < -0.4 is 4.90 Å². The molecule has 3 heterocycles. The number of hydrogen-bond acceptors (Lipinski definition) is 4. The highest BCUT2D eigenvalue weighted by Crippen LogP contribution is 2.25. The molecule has 4 rings (SSSR count). The van der Waals surface area contributed by atoms with E-state index in [0.717, 1.165) is 41.6 Å². The third kappa shape index (κ3) is 2.76. The van der Waals surface area contributed by atoms with Gasteiger partial charge in [0.1, 0.15) is 5.82 Å². The molecule has 3 aromatic rings. The lowest BCUT2D eigenvalue weighted by molar-refractivity contribution is -0.00553. The molecule has 0 saturated carbocycles. The van der Waals surface area contributed by atoms with Gasteiger partial charge in [0.2, 0.25) is 5.78 Å². The number of aryl methyl sites for hydroxylation is 1. The molecule has 1 aromatic carbocycles. The van der Waals surface area contributed by atoms with E-state index in [0.29, 0.717) is 0 Å². The normalized spacial score (nSPS) is 21.4. The third-order valence-electron chi connectivity index (χ3n) is 4.36. The van der Waals surface area contributed by atoms with Crippen LogP contribution in [0.15, 0.2) is 42.6 Å². The molecule has 2 atom stereocenters. The number of morpholine rings is 1. The first-order valence-corrected chi connectivity index (χ1v) is 8.43. The number of aromatic nitrogens is 3. The van der Waals surface area contributed by atoms with Crippen molar-refractivity contribution in [3.05, 3.63) is 48.3 Å². The van der Waals surface area contributed by atoms with Crippen molar-refractivity contribution in [2.24, 2.45) is 0 Å². The van der Waals surface area contributed by atoms with Crippen LogP contribution in [0.1, 0.15) is 19.5 Å². The van der Waals surface area contributed by atoms with Crippen molar-refractivity contribution in [3.8, 4) is 11.3 Å². The summed E-state index contributed by atoms with van der Waals surface area (Å²) in [4.78, 5) is 11.7. The summed E-state index contributed by atoms with van der Waals surface area (Å²) in [5.74, 6) is 1.88. The molecule has 124 valence electrons. The Balaban J connectivity index is 1.82. The largest absolute Gasteiger partial charge is 0.372 e. The fraction of sp³-hybridized carbons (Fsp3) is 0.368. The summed E-state index contributed by atoms with van der Waals surface area (Å²) in [6, 6.07) is 12.4. The van der Waals surface area contributed by atoms with Gasteiger partial charge in [-0.05, 0) is 20.8 Å². The van der Waals surface area contributed by atoms with Gasteiger partial charge in [-0.1, -0.05) is 30.3 Å². The molecule has 1 aliphatic rings. The molecule has 1 saturated heterocycles.